The van der Waals surface area contributed by atoms with Crippen LogP contribution in [0.25, 0.3) is 0 Å². The van der Waals surface area contributed by atoms with Gasteiger partial charge in [0.2, 0.25) is 5.88 Å². The molecule has 0 aromatic carbocycles. The van der Waals surface area contributed by atoms with E-state index >= 15 is 0 Å². The first-order valence-corrected chi connectivity index (χ1v) is 4.15. The lowest BCUT2D eigenvalue weighted by molar-refractivity contribution is -0.276. The van der Waals surface area contributed by atoms with Gasteiger partial charge in [0.05, 0.1) is 18.2 Å². The summed E-state index contributed by atoms with van der Waals surface area (Å²) < 4.78 is 39.3. The van der Waals surface area contributed by atoms with Crippen molar-refractivity contribution in [3.8, 4) is 17.7 Å². The van der Waals surface area contributed by atoms with Crippen LogP contribution in [0.5, 0.6) is 11.6 Å². The summed E-state index contributed by atoms with van der Waals surface area (Å²) in [4.78, 5) is 3.40. The third kappa shape index (κ3) is 3.02. The van der Waals surface area contributed by atoms with E-state index in [4.69, 9.17) is 5.26 Å². The Morgan fingerprint density at radius 3 is 2.69 bits per heavy atom. The van der Waals surface area contributed by atoms with Gasteiger partial charge in [-0.3, -0.25) is 0 Å². The molecule has 1 N–H and O–H groups in total. The number of aryl methyl sites for hydroxylation is 1. The largest absolute Gasteiger partial charge is 0.574 e. The Kier molecular flexibility index (Phi) is 3.22. The van der Waals surface area contributed by atoms with Gasteiger partial charge in [-0.25, -0.2) is 4.98 Å². The minimum Gasteiger partial charge on any atom is -0.506 e. The minimum atomic E-state index is -4.85. The van der Waals surface area contributed by atoms with Gasteiger partial charge in [0, 0.05) is 11.6 Å². The highest BCUT2D eigenvalue weighted by atomic mass is 19.4. The second kappa shape index (κ2) is 4.26. The number of pyridine rings is 1. The number of nitriles is 1. The van der Waals surface area contributed by atoms with Gasteiger partial charge in [-0.1, -0.05) is 0 Å². The number of alkyl halides is 3. The molecule has 0 spiro atoms. The number of ether oxygens (including phenoxy) is 1. The first-order valence-electron chi connectivity index (χ1n) is 4.15. The summed E-state index contributed by atoms with van der Waals surface area (Å²) in [6, 6.07) is 2.61. The van der Waals surface area contributed by atoms with E-state index in [9.17, 15) is 18.3 Å². The predicted octanol–water partition coefficient (Wildman–Crippen LogP) is 2.06. The molecule has 16 heavy (non-hydrogen) atoms. The van der Waals surface area contributed by atoms with E-state index in [0.717, 1.165) is 6.07 Å². The fourth-order valence-corrected chi connectivity index (χ4v) is 1.09. The molecule has 1 rings (SSSR count). The minimum absolute atomic E-state index is 0.0213. The highest BCUT2D eigenvalue weighted by Gasteiger charge is 2.32. The van der Waals surface area contributed by atoms with E-state index in [1.54, 1.807) is 6.07 Å². The SMILES string of the molecule is Cc1nc(OC(F)(F)F)cc(CC#N)c1O. The van der Waals surface area contributed by atoms with E-state index in [0.29, 0.717) is 0 Å². The van der Waals surface area contributed by atoms with Crippen LogP contribution < -0.4 is 4.74 Å². The molecule has 0 atom stereocenters. The van der Waals surface area contributed by atoms with Crippen LogP contribution in [0.4, 0.5) is 13.2 Å². The van der Waals surface area contributed by atoms with Gasteiger partial charge >= 0.3 is 6.36 Å². The molecule has 0 bridgehead atoms. The van der Waals surface area contributed by atoms with Crippen molar-refractivity contribution in [2.45, 2.75) is 19.7 Å². The van der Waals surface area contributed by atoms with Crippen molar-refractivity contribution in [1.29, 1.82) is 5.26 Å². The quantitative estimate of drug-likeness (QED) is 0.847. The number of halogens is 3. The molecule has 7 heteroatoms. The van der Waals surface area contributed by atoms with E-state index in [1.807, 2.05) is 0 Å². The van der Waals surface area contributed by atoms with Crippen LogP contribution in [0.1, 0.15) is 11.3 Å². The van der Waals surface area contributed by atoms with Gasteiger partial charge in [-0.15, -0.1) is 13.2 Å². The van der Waals surface area contributed by atoms with Crippen molar-refractivity contribution >= 4 is 0 Å². The van der Waals surface area contributed by atoms with Gasteiger partial charge in [-0.2, -0.15) is 5.26 Å². The monoisotopic (exact) mass is 232 g/mol. The first-order chi connectivity index (χ1) is 7.33. The lowest BCUT2D eigenvalue weighted by atomic mass is 10.1. The summed E-state index contributed by atoms with van der Waals surface area (Å²) in [7, 11) is 0. The maximum absolute atomic E-state index is 11.9. The molecule has 0 aliphatic carbocycles. The van der Waals surface area contributed by atoms with Crippen LogP contribution in [0.15, 0.2) is 6.07 Å². The maximum Gasteiger partial charge on any atom is 0.574 e. The highest BCUT2D eigenvalue weighted by Crippen LogP contribution is 2.28. The van der Waals surface area contributed by atoms with Gasteiger partial charge in [0.15, 0.2) is 0 Å². The molecule has 0 aliphatic rings. The molecule has 0 saturated carbocycles. The van der Waals surface area contributed by atoms with Gasteiger partial charge in [0.1, 0.15) is 5.75 Å². The van der Waals surface area contributed by atoms with Crippen LogP contribution in [0.3, 0.4) is 0 Å². The van der Waals surface area contributed by atoms with E-state index < -0.39 is 12.2 Å². The fourth-order valence-electron chi connectivity index (χ4n) is 1.09. The molecule has 86 valence electrons. The molecule has 1 aromatic rings. The average Bonchev–Trinajstić information content (AvgIpc) is 2.11. The van der Waals surface area contributed by atoms with Crippen LogP contribution in [-0.4, -0.2) is 16.5 Å². The zero-order valence-corrected chi connectivity index (χ0v) is 8.17. The third-order valence-corrected chi connectivity index (χ3v) is 1.71. The topological polar surface area (TPSA) is 66.1 Å². The molecule has 0 fully saturated rings. The Hall–Kier alpha value is -1.97. The summed E-state index contributed by atoms with van der Waals surface area (Å²) >= 11 is 0. The Bertz CT molecular complexity index is 438. The fraction of sp³-hybridized carbons (Fsp3) is 0.333. The van der Waals surface area contributed by atoms with E-state index in [1.165, 1.54) is 6.92 Å². The van der Waals surface area contributed by atoms with Gasteiger partial charge < -0.3 is 9.84 Å². The Morgan fingerprint density at radius 2 is 2.19 bits per heavy atom. The predicted molar refractivity (Wildman–Crippen MR) is 46.6 cm³/mol. The van der Waals surface area contributed by atoms with E-state index in [-0.39, 0.29) is 23.4 Å². The molecule has 0 unspecified atom stereocenters. The molecule has 1 aromatic heterocycles. The van der Waals surface area contributed by atoms with Crippen molar-refractivity contribution < 1.29 is 23.0 Å². The molecule has 0 amide bonds. The van der Waals surface area contributed by atoms with Crippen LogP contribution >= 0.6 is 0 Å². The molecule has 0 radical (unpaired) electrons. The van der Waals surface area contributed by atoms with Gasteiger partial charge in [0.25, 0.3) is 0 Å². The summed E-state index contributed by atoms with van der Waals surface area (Å²) in [5.74, 6) is -0.982. The second-order valence-corrected chi connectivity index (χ2v) is 2.94. The van der Waals surface area contributed by atoms with E-state index in [2.05, 4.69) is 9.72 Å². The Labute approximate surface area is 88.9 Å². The summed E-state index contributed by atoms with van der Waals surface area (Å²) in [6.45, 7) is 1.32. The number of aromatic hydroxyl groups is 1. The Balaban J connectivity index is 3.10. The number of nitrogens with zero attached hydrogens (tertiary/aromatic N) is 2. The zero-order chi connectivity index (χ0) is 12.3. The number of aromatic nitrogens is 1. The molecular formula is C9H7F3N2O2. The van der Waals surface area contributed by atoms with Crippen LogP contribution in [0.2, 0.25) is 0 Å². The zero-order valence-electron chi connectivity index (χ0n) is 8.17. The van der Waals surface area contributed by atoms with Crippen molar-refractivity contribution in [1.82, 2.24) is 4.98 Å². The maximum atomic E-state index is 11.9. The summed E-state index contributed by atoms with van der Waals surface area (Å²) in [5.41, 5.74) is 0.0289. The molecule has 0 saturated heterocycles. The van der Waals surface area contributed by atoms with Crippen LogP contribution in [-0.2, 0) is 6.42 Å². The van der Waals surface area contributed by atoms with Crippen molar-refractivity contribution in [3.63, 3.8) is 0 Å². The lowest BCUT2D eigenvalue weighted by Gasteiger charge is -2.10. The van der Waals surface area contributed by atoms with Crippen LogP contribution in [0, 0.1) is 18.3 Å². The van der Waals surface area contributed by atoms with Crippen molar-refractivity contribution in [2.24, 2.45) is 0 Å². The van der Waals surface area contributed by atoms with Crippen molar-refractivity contribution in [3.05, 3.63) is 17.3 Å². The summed E-state index contributed by atoms with van der Waals surface area (Å²) in [6.07, 6.45) is -5.07. The Morgan fingerprint density at radius 1 is 1.56 bits per heavy atom. The highest BCUT2D eigenvalue weighted by molar-refractivity contribution is 5.40. The number of hydrogen-bond donors (Lipinski definition) is 1. The summed E-state index contributed by atoms with van der Waals surface area (Å²) in [5, 5.41) is 17.8. The second-order valence-electron chi connectivity index (χ2n) is 2.94. The standard InChI is InChI=1S/C9H7F3N2O2/c1-5-8(15)6(2-3-13)4-7(14-5)16-9(10,11)12/h4,15H,2H2,1H3. The third-order valence-electron chi connectivity index (χ3n) is 1.71. The smallest absolute Gasteiger partial charge is 0.506 e. The number of hydrogen-bond acceptors (Lipinski definition) is 4. The molecular weight excluding hydrogens is 225 g/mol. The normalized spacial score (nSPS) is 10.9. The lowest BCUT2D eigenvalue weighted by Crippen LogP contribution is -2.18. The molecule has 4 nitrogen and oxygen atoms in total. The van der Waals surface area contributed by atoms with Gasteiger partial charge in [-0.05, 0) is 6.92 Å². The van der Waals surface area contributed by atoms with Crippen molar-refractivity contribution in [2.75, 3.05) is 0 Å². The average molecular weight is 232 g/mol. The molecule has 0 aliphatic heterocycles. The number of rotatable bonds is 2. The first kappa shape index (κ1) is 12.1. The molecule has 1 heterocycles.